The van der Waals surface area contributed by atoms with Gasteiger partial charge in [-0.2, -0.15) is 0 Å². The van der Waals surface area contributed by atoms with E-state index < -0.39 is 0 Å². The van der Waals surface area contributed by atoms with Crippen molar-refractivity contribution >= 4 is 23.2 Å². The highest BCUT2D eigenvalue weighted by atomic mass is 35.5. The first-order valence-electron chi connectivity index (χ1n) is 5.92. The minimum absolute atomic E-state index is 0.370. The number of hydrogen-bond donors (Lipinski definition) is 2. The van der Waals surface area contributed by atoms with Crippen LogP contribution in [0.3, 0.4) is 0 Å². The molecular weight excluding hydrogens is 255 g/mol. The molecule has 0 heterocycles. The van der Waals surface area contributed by atoms with E-state index >= 15 is 0 Å². The first-order valence-corrected chi connectivity index (χ1v) is 6.68. The van der Waals surface area contributed by atoms with E-state index in [-0.39, 0.29) is 0 Å². The van der Waals surface area contributed by atoms with Crippen molar-refractivity contribution < 1.29 is 0 Å². The third kappa shape index (κ3) is 4.47. The van der Waals surface area contributed by atoms with Crippen molar-refractivity contribution in [2.75, 3.05) is 13.1 Å². The summed E-state index contributed by atoms with van der Waals surface area (Å²) >= 11 is 12.2. The normalized spacial score (nSPS) is 13.1. The zero-order valence-electron chi connectivity index (χ0n) is 10.3. The van der Waals surface area contributed by atoms with Crippen LogP contribution in [0.15, 0.2) is 18.2 Å². The van der Waals surface area contributed by atoms with Crippen LogP contribution >= 0.6 is 23.2 Å². The highest BCUT2D eigenvalue weighted by molar-refractivity contribution is 6.42. The summed E-state index contributed by atoms with van der Waals surface area (Å²) in [7, 11) is 0. The molecule has 1 aromatic rings. The lowest BCUT2D eigenvalue weighted by atomic mass is 9.96. The van der Waals surface area contributed by atoms with Crippen molar-refractivity contribution in [3.05, 3.63) is 33.8 Å². The van der Waals surface area contributed by atoms with E-state index in [4.69, 9.17) is 28.9 Å². The van der Waals surface area contributed by atoms with Gasteiger partial charge in [-0.25, -0.2) is 0 Å². The molecule has 1 rings (SSSR count). The van der Waals surface area contributed by atoms with Crippen LogP contribution in [-0.2, 0) is 6.42 Å². The lowest BCUT2D eigenvalue weighted by Gasteiger charge is -2.23. The quantitative estimate of drug-likeness (QED) is 0.837. The lowest BCUT2D eigenvalue weighted by Crippen LogP contribution is -2.38. The summed E-state index contributed by atoms with van der Waals surface area (Å²) < 4.78 is 0. The molecule has 96 valence electrons. The summed E-state index contributed by atoms with van der Waals surface area (Å²) in [6, 6.07) is 6.14. The van der Waals surface area contributed by atoms with Gasteiger partial charge in [0, 0.05) is 19.1 Å². The molecular formula is C13H20Cl2N2. The Morgan fingerprint density at radius 2 is 2.00 bits per heavy atom. The summed E-state index contributed by atoms with van der Waals surface area (Å²) in [5.41, 5.74) is 6.60. The Labute approximate surface area is 113 Å². The molecule has 0 saturated heterocycles. The van der Waals surface area contributed by atoms with Crippen molar-refractivity contribution in [1.82, 2.24) is 5.32 Å². The Hall–Kier alpha value is -0.280. The van der Waals surface area contributed by atoms with Crippen LogP contribution in [0.2, 0.25) is 10.0 Å². The smallest absolute Gasteiger partial charge is 0.0624 e. The molecule has 0 amide bonds. The van der Waals surface area contributed by atoms with Crippen molar-refractivity contribution in [2.24, 2.45) is 11.7 Å². The van der Waals surface area contributed by atoms with Crippen LogP contribution in [0.1, 0.15) is 19.4 Å². The maximum atomic E-state index is 6.19. The molecule has 0 aliphatic carbocycles. The highest BCUT2D eigenvalue weighted by Gasteiger charge is 2.15. The van der Waals surface area contributed by atoms with Gasteiger partial charge in [-0.1, -0.05) is 49.2 Å². The highest BCUT2D eigenvalue weighted by Crippen LogP contribution is 2.27. The molecule has 0 aliphatic rings. The number of halogens is 2. The van der Waals surface area contributed by atoms with E-state index in [1.54, 1.807) is 0 Å². The topological polar surface area (TPSA) is 38.0 Å². The van der Waals surface area contributed by atoms with E-state index in [0.29, 0.717) is 28.5 Å². The lowest BCUT2D eigenvalue weighted by molar-refractivity contribution is 0.401. The fraction of sp³-hybridized carbons (Fsp3) is 0.538. The molecule has 0 saturated carbocycles. The van der Waals surface area contributed by atoms with Gasteiger partial charge in [-0.15, -0.1) is 0 Å². The molecule has 17 heavy (non-hydrogen) atoms. The first-order chi connectivity index (χ1) is 8.06. The molecule has 3 N–H and O–H groups in total. The third-order valence-corrected chi connectivity index (χ3v) is 3.69. The number of nitrogens with two attached hydrogens (primary N) is 1. The average molecular weight is 275 g/mol. The van der Waals surface area contributed by atoms with Crippen LogP contribution in [0.4, 0.5) is 0 Å². The Morgan fingerprint density at radius 3 is 2.59 bits per heavy atom. The largest absolute Gasteiger partial charge is 0.329 e. The molecule has 1 atom stereocenters. The van der Waals surface area contributed by atoms with Gasteiger partial charge in [0.05, 0.1) is 10.0 Å². The molecule has 0 aliphatic heterocycles. The SMILES string of the molecule is CC(C)C(Cc1cccc(Cl)c1Cl)NCCN. The van der Waals surface area contributed by atoms with Gasteiger partial charge in [-0.3, -0.25) is 0 Å². The fourth-order valence-corrected chi connectivity index (χ4v) is 2.15. The van der Waals surface area contributed by atoms with E-state index in [1.165, 1.54) is 0 Å². The predicted octanol–water partition coefficient (Wildman–Crippen LogP) is 3.11. The van der Waals surface area contributed by atoms with E-state index in [1.807, 2.05) is 18.2 Å². The predicted molar refractivity (Wildman–Crippen MR) is 75.8 cm³/mol. The number of nitrogens with one attached hydrogen (secondary N) is 1. The second kappa shape index (κ2) is 7.22. The standard InChI is InChI=1S/C13H20Cl2N2/c1-9(2)12(17-7-6-16)8-10-4-3-5-11(14)13(10)15/h3-5,9,12,17H,6-8,16H2,1-2H3. The first kappa shape index (κ1) is 14.8. The zero-order chi connectivity index (χ0) is 12.8. The van der Waals surface area contributed by atoms with Crippen LogP contribution in [0.25, 0.3) is 0 Å². The molecule has 4 heteroatoms. The van der Waals surface area contributed by atoms with Gasteiger partial charge in [0.25, 0.3) is 0 Å². The van der Waals surface area contributed by atoms with Gasteiger partial charge in [-0.05, 0) is 24.0 Å². The second-order valence-corrected chi connectivity index (χ2v) is 5.30. The zero-order valence-corrected chi connectivity index (χ0v) is 11.9. The van der Waals surface area contributed by atoms with Crippen LogP contribution in [0, 0.1) is 5.92 Å². The van der Waals surface area contributed by atoms with Gasteiger partial charge in [0.1, 0.15) is 0 Å². The van der Waals surface area contributed by atoms with Gasteiger partial charge in [0.15, 0.2) is 0 Å². The van der Waals surface area contributed by atoms with Crippen LogP contribution in [-0.4, -0.2) is 19.1 Å². The molecule has 0 bridgehead atoms. The van der Waals surface area contributed by atoms with Crippen molar-refractivity contribution in [3.63, 3.8) is 0 Å². The Morgan fingerprint density at radius 1 is 1.29 bits per heavy atom. The maximum Gasteiger partial charge on any atom is 0.0624 e. The summed E-state index contributed by atoms with van der Waals surface area (Å²) in [4.78, 5) is 0. The molecule has 0 spiro atoms. The molecule has 0 fully saturated rings. The molecule has 0 radical (unpaired) electrons. The minimum Gasteiger partial charge on any atom is -0.329 e. The molecule has 2 nitrogen and oxygen atoms in total. The Kier molecular flexibility index (Phi) is 6.28. The van der Waals surface area contributed by atoms with Crippen molar-refractivity contribution in [2.45, 2.75) is 26.3 Å². The summed E-state index contributed by atoms with van der Waals surface area (Å²) in [6.45, 7) is 5.84. The molecule has 0 aromatic heterocycles. The maximum absolute atomic E-state index is 6.19. The van der Waals surface area contributed by atoms with E-state index in [0.717, 1.165) is 18.5 Å². The number of rotatable bonds is 6. The van der Waals surface area contributed by atoms with Crippen LogP contribution < -0.4 is 11.1 Å². The third-order valence-electron chi connectivity index (χ3n) is 2.83. The van der Waals surface area contributed by atoms with Crippen molar-refractivity contribution in [1.29, 1.82) is 0 Å². The van der Waals surface area contributed by atoms with E-state index in [9.17, 15) is 0 Å². The summed E-state index contributed by atoms with van der Waals surface area (Å²) in [6.07, 6.45) is 0.872. The Bertz CT molecular complexity index is 353. The van der Waals surface area contributed by atoms with Gasteiger partial charge in [0.2, 0.25) is 0 Å². The monoisotopic (exact) mass is 274 g/mol. The number of benzene rings is 1. The Balaban J connectivity index is 2.75. The second-order valence-electron chi connectivity index (χ2n) is 4.51. The van der Waals surface area contributed by atoms with Gasteiger partial charge < -0.3 is 11.1 Å². The summed E-state index contributed by atoms with van der Waals surface area (Å²) in [5.74, 6) is 0.525. The fourth-order valence-electron chi connectivity index (χ4n) is 1.76. The molecule has 1 aromatic carbocycles. The number of hydrogen-bond acceptors (Lipinski definition) is 2. The van der Waals surface area contributed by atoms with Crippen LogP contribution in [0.5, 0.6) is 0 Å². The van der Waals surface area contributed by atoms with E-state index in [2.05, 4.69) is 19.2 Å². The average Bonchev–Trinajstić information content (AvgIpc) is 2.29. The minimum atomic E-state index is 0.370. The van der Waals surface area contributed by atoms with Crippen molar-refractivity contribution in [3.8, 4) is 0 Å². The van der Waals surface area contributed by atoms with Gasteiger partial charge >= 0.3 is 0 Å². The summed E-state index contributed by atoms with van der Waals surface area (Å²) in [5, 5.41) is 4.71. The molecule has 1 unspecified atom stereocenters.